The van der Waals surface area contributed by atoms with E-state index in [9.17, 15) is 4.79 Å². The van der Waals surface area contributed by atoms with E-state index in [0.29, 0.717) is 6.42 Å². The number of aromatic nitrogens is 2. The highest BCUT2D eigenvalue weighted by atomic mass is 16.2. The van der Waals surface area contributed by atoms with Gasteiger partial charge in [-0.15, -0.1) is 0 Å². The predicted octanol–water partition coefficient (Wildman–Crippen LogP) is 3.37. The Morgan fingerprint density at radius 2 is 1.96 bits per heavy atom. The molecule has 1 aliphatic rings. The summed E-state index contributed by atoms with van der Waals surface area (Å²) < 4.78 is 2.25. The molecule has 4 nitrogen and oxygen atoms in total. The molecule has 3 aromatic rings. The maximum absolute atomic E-state index is 13.1. The van der Waals surface area contributed by atoms with Crippen molar-refractivity contribution in [1.82, 2.24) is 14.5 Å². The molecule has 0 N–H and O–H groups in total. The van der Waals surface area contributed by atoms with Crippen LogP contribution in [0, 0.1) is 6.92 Å². The van der Waals surface area contributed by atoms with Crippen molar-refractivity contribution in [3.63, 3.8) is 0 Å². The number of fused-ring (bicyclic) bond motifs is 1. The largest absolute Gasteiger partial charge is 0.348 e. The van der Waals surface area contributed by atoms with Crippen molar-refractivity contribution < 1.29 is 4.79 Å². The lowest BCUT2D eigenvalue weighted by molar-refractivity contribution is -0.133. The third kappa shape index (κ3) is 2.95. The fourth-order valence-electron chi connectivity index (χ4n) is 3.60. The number of aryl methyl sites for hydroxylation is 1. The zero-order valence-corrected chi connectivity index (χ0v) is 14.3. The molecular weight excluding hydrogens is 310 g/mol. The number of carbonyl (C=O) groups excluding carboxylic acids is 1. The molecule has 0 radical (unpaired) electrons. The first-order chi connectivity index (χ1) is 12.2. The number of rotatable bonds is 3. The number of amides is 1. The Bertz CT molecular complexity index is 885. The molecule has 0 saturated carbocycles. The lowest BCUT2D eigenvalue weighted by atomic mass is 9.98. The van der Waals surface area contributed by atoms with Crippen LogP contribution in [0.4, 0.5) is 0 Å². The molecule has 0 aliphatic carbocycles. The molecule has 3 heterocycles. The second-order valence-electron chi connectivity index (χ2n) is 6.51. The minimum atomic E-state index is -0.0282. The molecule has 0 spiro atoms. The Balaban J connectivity index is 1.68. The van der Waals surface area contributed by atoms with E-state index >= 15 is 0 Å². The van der Waals surface area contributed by atoms with E-state index in [1.54, 1.807) is 6.20 Å². The molecule has 4 rings (SSSR count). The minimum Gasteiger partial charge on any atom is -0.348 e. The van der Waals surface area contributed by atoms with Crippen molar-refractivity contribution in [1.29, 1.82) is 0 Å². The maximum Gasteiger partial charge on any atom is 0.227 e. The van der Waals surface area contributed by atoms with Crippen LogP contribution >= 0.6 is 0 Å². The Hall–Kier alpha value is -2.88. The van der Waals surface area contributed by atoms with Gasteiger partial charge in [-0.05, 0) is 41.8 Å². The average molecular weight is 331 g/mol. The van der Waals surface area contributed by atoms with Gasteiger partial charge in [-0.2, -0.15) is 0 Å². The van der Waals surface area contributed by atoms with Crippen molar-refractivity contribution in [3.8, 4) is 0 Å². The molecule has 1 atom stereocenters. The number of hydrogen-bond acceptors (Lipinski definition) is 2. The van der Waals surface area contributed by atoms with Crippen LogP contribution in [0.1, 0.15) is 28.4 Å². The molecule has 25 heavy (non-hydrogen) atoms. The third-order valence-electron chi connectivity index (χ3n) is 4.95. The van der Waals surface area contributed by atoms with Gasteiger partial charge < -0.3 is 9.47 Å². The smallest absolute Gasteiger partial charge is 0.227 e. The van der Waals surface area contributed by atoms with Gasteiger partial charge >= 0.3 is 0 Å². The van der Waals surface area contributed by atoms with E-state index in [1.165, 1.54) is 5.69 Å². The van der Waals surface area contributed by atoms with Crippen LogP contribution in [0.25, 0.3) is 0 Å². The van der Waals surface area contributed by atoms with Gasteiger partial charge in [0.05, 0.1) is 12.5 Å². The van der Waals surface area contributed by atoms with E-state index in [4.69, 9.17) is 0 Å². The van der Waals surface area contributed by atoms with Gasteiger partial charge in [-0.1, -0.05) is 30.3 Å². The van der Waals surface area contributed by atoms with Crippen LogP contribution in [0.5, 0.6) is 0 Å². The first-order valence-corrected chi connectivity index (χ1v) is 8.63. The molecule has 1 unspecified atom stereocenters. The summed E-state index contributed by atoms with van der Waals surface area (Å²) in [4.78, 5) is 19.3. The Morgan fingerprint density at radius 3 is 2.76 bits per heavy atom. The second kappa shape index (κ2) is 6.55. The summed E-state index contributed by atoms with van der Waals surface area (Å²) in [7, 11) is 0. The highest BCUT2D eigenvalue weighted by Gasteiger charge is 2.31. The molecule has 126 valence electrons. The van der Waals surface area contributed by atoms with Crippen LogP contribution in [0.2, 0.25) is 0 Å². The van der Waals surface area contributed by atoms with Crippen LogP contribution < -0.4 is 0 Å². The number of nitrogens with zero attached hydrogens (tertiary/aromatic N) is 3. The van der Waals surface area contributed by atoms with Crippen molar-refractivity contribution in [2.45, 2.75) is 25.9 Å². The SMILES string of the molecule is Cc1cnccc1CC(=O)N1CCn2cccc2C1c1ccccc1. The summed E-state index contributed by atoms with van der Waals surface area (Å²) in [5.41, 5.74) is 4.44. The van der Waals surface area contributed by atoms with E-state index in [2.05, 4.69) is 40.0 Å². The molecular formula is C21H21N3O. The summed E-state index contributed by atoms with van der Waals surface area (Å²) in [5.74, 6) is 0.163. The van der Waals surface area contributed by atoms with Crippen molar-refractivity contribution in [2.75, 3.05) is 6.54 Å². The molecule has 0 fully saturated rings. The number of pyridine rings is 1. The lowest BCUT2D eigenvalue weighted by Gasteiger charge is -2.37. The molecule has 0 bridgehead atoms. The third-order valence-corrected chi connectivity index (χ3v) is 4.95. The number of benzene rings is 1. The molecule has 1 amide bonds. The van der Waals surface area contributed by atoms with Gasteiger partial charge in [0.15, 0.2) is 0 Å². The van der Waals surface area contributed by atoms with Gasteiger partial charge in [0.25, 0.3) is 0 Å². The quantitative estimate of drug-likeness (QED) is 0.738. The molecule has 4 heteroatoms. The predicted molar refractivity (Wildman–Crippen MR) is 97.1 cm³/mol. The van der Waals surface area contributed by atoms with Crippen LogP contribution in [-0.4, -0.2) is 26.9 Å². The Labute approximate surface area is 147 Å². The van der Waals surface area contributed by atoms with E-state index in [1.807, 2.05) is 42.3 Å². The monoisotopic (exact) mass is 331 g/mol. The van der Waals surface area contributed by atoms with Crippen molar-refractivity contribution in [3.05, 3.63) is 89.5 Å². The van der Waals surface area contributed by atoms with Gasteiger partial charge in [-0.3, -0.25) is 9.78 Å². The standard InChI is InChI=1S/C21H21N3O/c1-16-15-22-10-9-18(16)14-20(25)24-13-12-23-11-5-8-19(23)21(24)17-6-3-2-4-7-17/h2-11,15,21H,12-14H2,1H3. The Morgan fingerprint density at radius 1 is 1.12 bits per heavy atom. The van der Waals surface area contributed by atoms with Crippen molar-refractivity contribution >= 4 is 5.91 Å². The first-order valence-electron chi connectivity index (χ1n) is 8.63. The maximum atomic E-state index is 13.1. The lowest BCUT2D eigenvalue weighted by Crippen LogP contribution is -2.43. The van der Waals surface area contributed by atoms with Gasteiger partial charge in [0.2, 0.25) is 5.91 Å². The summed E-state index contributed by atoms with van der Waals surface area (Å²) in [6.45, 7) is 3.57. The zero-order valence-electron chi connectivity index (χ0n) is 14.3. The first kappa shape index (κ1) is 15.6. The molecule has 2 aromatic heterocycles. The van der Waals surface area contributed by atoms with Gasteiger partial charge in [-0.25, -0.2) is 0 Å². The fourth-order valence-corrected chi connectivity index (χ4v) is 3.60. The zero-order chi connectivity index (χ0) is 17.2. The number of carbonyl (C=O) groups is 1. The van der Waals surface area contributed by atoms with E-state index < -0.39 is 0 Å². The highest BCUT2D eigenvalue weighted by molar-refractivity contribution is 5.80. The van der Waals surface area contributed by atoms with Gasteiger partial charge in [0, 0.05) is 37.4 Å². The summed E-state index contributed by atoms with van der Waals surface area (Å²) in [6.07, 6.45) is 6.09. The normalized spacial score (nSPS) is 16.5. The Kier molecular flexibility index (Phi) is 4.10. The van der Waals surface area contributed by atoms with Crippen molar-refractivity contribution in [2.24, 2.45) is 0 Å². The summed E-state index contributed by atoms with van der Waals surface area (Å²) in [5, 5.41) is 0. The molecule has 1 aliphatic heterocycles. The van der Waals surface area contributed by atoms with Crippen LogP contribution in [0.3, 0.4) is 0 Å². The molecule has 0 saturated heterocycles. The van der Waals surface area contributed by atoms with E-state index in [-0.39, 0.29) is 11.9 Å². The summed E-state index contributed by atoms with van der Waals surface area (Å²) in [6, 6.07) is 16.4. The van der Waals surface area contributed by atoms with Crippen LogP contribution in [0.15, 0.2) is 67.1 Å². The highest BCUT2D eigenvalue weighted by Crippen LogP contribution is 2.32. The molecule has 1 aromatic carbocycles. The number of hydrogen-bond donors (Lipinski definition) is 0. The van der Waals surface area contributed by atoms with Crippen LogP contribution in [-0.2, 0) is 17.8 Å². The van der Waals surface area contributed by atoms with Gasteiger partial charge in [0.1, 0.15) is 0 Å². The second-order valence-corrected chi connectivity index (χ2v) is 6.51. The average Bonchev–Trinajstić information content (AvgIpc) is 3.12. The summed E-state index contributed by atoms with van der Waals surface area (Å²) >= 11 is 0. The fraction of sp³-hybridized carbons (Fsp3) is 0.238. The topological polar surface area (TPSA) is 38.1 Å². The minimum absolute atomic E-state index is 0.0282. The van der Waals surface area contributed by atoms with E-state index in [0.717, 1.165) is 29.8 Å².